The molecule has 1 atom stereocenters. The summed E-state index contributed by atoms with van der Waals surface area (Å²) in [5.41, 5.74) is 1.74. The summed E-state index contributed by atoms with van der Waals surface area (Å²) in [7, 11) is 0. The van der Waals surface area contributed by atoms with Gasteiger partial charge in [-0.05, 0) is 32.8 Å². The largest absolute Gasteiger partial charge is 0.387 e. The lowest BCUT2D eigenvalue weighted by Gasteiger charge is -2.33. The number of rotatable bonds is 8. The Morgan fingerprint density at radius 2 is 2.04 bits per heavy atom. The predicted molar refractivity (Wildman–Crippen MR) is 122 cm³/mol. The van der Waals surface area contributed by atoms with Gasteiger partial charge in [0.25, 0.3) is 0 Å². The Kier molecular flexibility index (Phi) is 11.2. The van der Waals surface area contributed by atoms with Crippen LogP contribution in [0.2, 0.25) is 0 Å². The smallest absolute Gasteiger partial charge is 0.191 e. The number of morpholine rings is 1. The molecule has 0 amide bonds. The molecule has 0 aliphatic carbocycles. The molecule has 0 bridgehead atoms. The zero-order chi connectivity index (χ0) is 18.8. The Balaban J connectivity index is 0.00000364. The molecule has 1 aliphatic rings. The van der Waals surface area contributed by atoms with Crippen LogP contribution in [-0.4, -0.2) is 74.0 Å². The number of halogens is 1. The quantitative estimate of drug-likeness (QED) is 0.295. The van der Waals surface area contributed by atoms with Gasteiger partial charge in [-0.1, -0.05) is 29.8 Å². The summed E-state index contributed by atoms with van der Waals surface area (Å²) < 4.78 is 5.36. The van der Waals surface area contributed by atoms with E-state index in [0.717, 1.165) is 51.8 Å². The maximum absolute atomic E-state index is 10.7. The SMILES string of the molecule is CCNC(=NCC(C)(O)CN1CCOCC1)NCCc1cccc(C)c1.I. The molecule has 6 nitrogen and oxygen atoms in total. The number of β-amino-alcohol motifs (C(OH)–C–C–N with tert-alkyl or cyclic N) is 1. The van der Waals surface area contributed by atoms with Gasteiger partial charge in [0.15, 0.2) is 5.96 Å². The molecule has 7 heteroatoms. The van der Waals surface area contributed by atoms with E-state index in [-0.39, 0.29) is 24.0 Å². The van der Waals surface area contributed by atoms with Crippen molar-refractivity contribution in [2.24, 2.45) is 4.99 Å². The second kappa shape index (κ2) is 12.5. The highest BCUT2D eigenvalue weighted by atomic mass is 127. The Bertz CT molecular complexity index is 575. The van der Waals surface area contributed by atoms with Crippen LogP contribution in [0.25, 0.3) is 0 Å². The van der Waals surface area contributed by atoms with E-state index >= 15 is 0 Å². The van der Waals surface area contributed by atoms with Gasteiger partial charge in [-0.15, -0.1) is 24.0 Å². The first kappa shape index (κ1) is 24.1. The fraction of sp³-hybridized carbons (Fsp3) is 0.650. The van der Waals surface area contributed by atoms with Gasteiger partial charge in [0.2, 0.25) is 0 Å². The zero-order valence-corrected chi connectivity index (χ0v) is 19.2. The molecular weight excluding hydrogens is 455 g/mol. The lowest BCUT2D eigenvalue weighted by Crippen LogP contribution is -2.48. The molecule has 0 saturated carbocycles. The van der Waals surface area contributed by atoms with Gasteiger partial charge in [-0.3, -0.25) is 9.89 Å². The van der Waals surface area contributed by atoms with E-state index in [0.29, 0.717) is 13.1 Å². The van der Waals surface area contributed by atoms with Gasteiger partial charge in [-0.25, -0.2) is 0 Å². The van der Waals surface area contributed by atoms with E-state index in [2.05, 4.69) is 51.7 Å². The van der Waals surface area contributed by atoms with Gasteiger partial charge in [0.05, 0.1) is 25.4 Å². The summed E-state index contributed by atoms with van der Waals surface area (Å²) in [6.45, 7) is 11.8. The highest BCUT2D eigenvalue weighted by molar-refractivity contribution is 14.0. The molecule has 0 radical (unpaired) electrons. The number of aliphatic hydroxyl groups is 1. The van der Waals surface area contributed by atoms with Crippen molar-refractivity contribution in [1.82, 2.24) is 15.5 Å². The summed E-state index contributed by atoms with van der Waals surface area (Å²) in [6, 6.07) is 8.55. The Morgan fingerprint density at radius 1 is 1.30 bits per heavy atom. The molecule has 27 heavy (non-hydrogen) atoms. The second-order valence-corrected chi connectivity index (χ2v) is 7.25. The average molecular weight is 490 g/mol. The molecular formula is C20H35IN4O2. The van der Waals surface area contributed by atoms with Crippen molar-refractivity contribution in [2.45, 2.75) is 32.8 Å². The molecule has 0 spiro atoms. The molecule has 0 aromatic heterocycles. The lowest BCUT2D eigenvalue weighted by molar-refractivity contribution is -0.0179. The van der Waals surface area contributed by atoms with Crippen LogP contribution in [0.1, 0.15) is 25.0 Å². The number of hydrogen-bond acceptors (Lipinski definition) is 4. The van der Waals surface area contributed by atoms with Gasteiger partial charge in [0, 0.05) is 32.7 Å². The minimum absolute atomic E-state index is 0. The standard InChI is InChI=1S/C20H34N4O2.HI/c1-4-21-19(22-9-8-18-7-5-6-17(2)14-18)23-15-20(3,25)16-24-10-12-26-13-11-24;/h5-7,14,25H,4,8-13,15-16H2,1-3H3,(H2,21,22,23);1H. The molecule has 1 aromatic carbocycles. The summed E-state index contributed by atoms with van der Waals surface area (Å²) >= 11 is 0. The van der Waals surface area contributed by atoms with Crippen LogP contribution in [0.3, 0.4) is 0 Å². The molecule has 1 unspecified atom stereocenters. The van der Waals surface area contributed by atoms with Crippen LogP contribution in [0.5, 0.6) is 0 Å². The van der Waals surface area contributed by atoms with Crippen LogP contribution < -0.4 is 10.6 Å². The molecule has 1 fully saturated rings. The van der Waals surface area contributed by atoms with E-state index in [1.165, 1.54) is 11.1 Å². The van der Waals surface area contributed by atoms with Gasteiger partial charge in [0.1, 0.15) is 0 Å². The number of aryl methyl sites for hydroxylation is 1. The van der Waals surface area contributed by atoms with Crippen LogP contribution in [0.15, 0.2) is 29.3 Å². The molecule has 154 valence electrons. The summed E-state index contributed by atoms with van der Waals surface area (Å²) in [4.78, 5) is 6.82. The van der Waals surface area contributed by atoms with Gasteiger partial charge >= 0.3 is 0 Å². The van der Waals surface area contributed by atoms with Gasteiger partial charge in [-0.2, -0.15) is 0 Å². The van der Waals surface area contributed by atoms with E-state index in [1.807, 2.05) is 13.8 Å². The Labute approximate surface area is 180 Å². The molecule has 1 saturated heterocycles. The monoisotopic (exact) mass is 490 g/mol. The van der Waals surface area contributed by atoms with Crippen molar-refractivity contribution in [3.8, 4) is 0 Å². The van der Waals surface area contributed by atoms with E-state index in [9.17, 15) is 5.11 Å². The van der Waals surface area contributed by atoms with Crippen molar-refractivity contribution in [1.29, 1.82) is 0 Å². The van der Waals surface area contributed by atoms with Crippen molar-refractivity contribution in [2.75, 3.05) is 52.5 Å². The number of guanidine groups is 1. The highest BCUT2D eigenvalue weighted by Crippen LogP contribution is 2.09. The van der Waals surface area contributed by atoms with Crippen LogP contribution in [0.4, 0.5) is 0 Å². The molecule has 1 aromatic rings. The maximum atomic E-state index is 10.7. The normalized spacial score (nSPS) is 17.7. The summed E-state index contributed by atoms with van der Waals surface area (Å²) in [5.74, 6) is 0.752. The number of nitrogens with zero attached hydrogens (tertiary/aromatic N) is 2. The minimum Gasteiger partial charge on any atom is -0.387 e. The number of hydrogen-bond donors (Lipinski definition) is 3. The van der Waals surface area contributed by atoms with Crippen molar-refractivity contribution in [3.05, 3.63) is 35.4 Å². The van der Waals surface area contributed by atoms with Crippen LogP contribution in [0, 0.1) is 6.92 Å². The highest BCUT2D eigenvalue weighted by Gasteiger charge is 2.25. The first-order valence-electron chi connectivity index (χ1n) is 9.59. The van der Waals surface area contributed by atoms with E-state index in [4.69, 9.17) is 4.74 Å². The third-order valence-corrected chi connectivity index (χ3v) is 4.38. The Morgan fingerprint density at radius 3 is 2.70 bits per heavy atom. The second-order valence-electron chi connectivity index (χ2n) is 7.25. The third-order valence-electron chi connectivity index (χ3n) is 4.38. The molecule has 1 heterocycles. The molecule has 1 aliphatic heterocycles. The summed E-state index contributed by atoms with van der Waals surface area (Å²) in [5, 5.41) is 17.3. The Hall–Kier alpha value is -0.900. The number of benzene rings is 1. The number of aliphatic imine (C=N–C) groups is 1. The maximum Gasteiger partial charge on any atom is 0.191 e. The minimum atomic E-state index is -0.851. The van der Waals surface area contributed by atoms with E-state index in [1.54, 1.807) is 0 Å². The number of ether oxygens (including phenoxy) is 1. The van der Waals surface area contributed by atoms with Crippen molar-refractivity contribution in [3.63, 3.8) is 0 Å². The first-order chi connectivity index (χ1) is 12.5. The number of nitrogens with one attached hydrogen (secondary N) is 2. The van der Waals surface area contributed by atoms with E-state index < -0.39 is 5.60 Å². The topological polar surface area (TPSA) is 69.1 Å². The van der Waals surface area contributed by atoms with Crippen LogP contribution in [-0.2, 0) is 11.2 Å². The fourth-order valence-electron chi connectivity index (χ4n) is 3.08. The average Bonchev–Trinajstić information content (AvgIpc) is 2.60. The van der Waals surface area contributed by atoms with Crippen molar-refractivity contribution >= 4 is 29.9 Å². The third kappa shape index (κ3) is 9.73. The molecule has 2 rings (SSSR count). The van der Waals surface area contributed by atoms with Crippen molar-refractivity contribution < 1.29 is 9.84 Å². The molecule has 3 N–H and O–H groups in total. The summed E-state index contributed by atoms with van der Waals surface area (Å²) in [6.07, 6.45) is 0.941. The zero-order valence-electron chi connectivity index (χ0n) is 16.8. The predicted octanol–water partition coefficient (Wildman–Crippen LogP) is 1.79. The van der Waals surface area contributed by atoms with Gasteiger partial charge < -0.3 is 20.5 Å². The fourth-order valence-corrected chi connectivity index (χ4v) is 3.08. The van der Waals surface area contributed by atoms with Crippen LogP contribution >= 0.6 is 24.0 Å². The lowest BCUT2D eigenvalue weighted by atomic mass is 10.1. The first-order valence-corrected chi connectivity index (χ1v) is 9.59.